The second-order valence-corrected chi connectivity index (χ2v) is 28.4. The number of rotatable bonds is 10. The summed E-state index contributed by atoms with van der Waals surface area (Å²) in [6.45, 7) is 11.0. The molecule has 0 saturated carbocycles. The molecule has 0 amide bonds. The van der Waals surface area contributed by atoms with Crippen molar-refractivity contribution in [3.8, 4) is 0 Å². The molecule has 4 aliphatic heterocycles. The molecule has 4 aliphatic rings. The Balaban J connectivity index is 0.000000144. The van der Waals surface area contributed by atoms with Crippen molar-refractivity contribution in [3.63, 3.8) is 0 Å². The molecule has 16 aromatic rings. The lowest BCUT2D eigenvalue weighted by molar-refractivity contribution is 1.23. The lowest BCUT2D eigenvalue weighted by Crippen LogP contribution is -2.61. The molecule has 0 spiro atoms. The van der Waals surface area contributed by atoms with E-state index in [1.54, 1.807) is 0 Å². The van der Waals surface area contributed by atoms with Crippen LogP contribution < -0.4 is 62.2 Å². The number of anilines is 18. The second-order valence-electron chi connectivity index (χ2n) is 28.4. The monoisotopic (exact) mass is 1340 g/mol. The van der Waals surface area contributed by atoms with E-state index in [4.69, 9.17) is 0 Å². The third-order valence-corrected chi connectivity index (χ3v) is 21.7. The summed E-state index contributed by atoms with van der Waals surface area (Å²) < 4.78 is 0. The normalized spacial score (nSPS) is 12.7. The van der Waals surface area contributed by atoms with Gasteiger partial charge in [-0.3, -0.25) is 0 Å². The van der Waals surface area contributed by atoms with Crippen LogP contribution in [0.2, 0.25) is 0 Å². The number of benzene rings is 16. The lowest BCUT2D eigenvalue weighted by atomic mass is 9.33. The summed E-state index contributed by atoms with van der Waals surface area (Å²) in [7, 11) is 0. The standard InChI is InChI=1S/C49H38BN3.C48H36BN3/c1-33-19-24-38(25-20-33)52-45-30-23-35(3)31-43(45)50-42-29-28-40(51(37-13-5-4-6-14-37)44-16-9-12-36-11-7-8-15-41(36)44)32-48(42)53(39-26-21-34(2)22-27-39)47-18-10-17-46(52)49(47)50;1-33-23-26-38(27-24-33)51-44-30-25-34(2)31-42(44)49-41-29-28-39(32-47(41)52(37-17-7-4-8-18-37)46-22-12-21-45(51)48(46)49)50(36-15-5-3-6-16-36)43-20-11-14-35-13-9-10-19-40(35)43/h4-32H,1-3H3;3-32H,1-2H3. The van der Waals surface area contributed by atoms with Crippen molar-refractivity contribution in [1.29, 1.82) is 0 Å². The zero-order valence-electron chi connectivity index (χ0n) is 59.4. The molecule has 0 bridgehead atoms. The van der Waals surface area contributed by atoms with Gasteiger partial charge in [-0.25, -0.2) is 0 Å². The van der Waals surface area contributed by atoms with E-state index in [1.807, 2.05) is 0 Å². The van der Waals surface area contributed by atoms with E-state index >= 15 is 0 Å². The van der Waals surface area contributed by atoms with Crippen LogP contribution in [0.3, 0.4) is 0 Å². The molecule has 0 atom stereocenters. The molecule has 498 valence electrons. The fraction of sp³-hybridized carbons (Fsp3) is 0.0515. The summed E-state index contributed by atoms with van der Waals surface area (Å²) in [6.07, 6.45) is 0. The van der Waals surface area contributed by atoms with E-state index in [1.165, 1.54) is 139 Å². The molecule has 16 aromatic carbocycles. The zero-order valence-corrected chi connectivity index (χ0v) is 59.4. The molecule has 0 saturated heterocycles. The maximum absolute atomic E-state index is 2.49. The Kier molecular flexibility index (Phi) is 15.5. The van der Waals surface area contributed by atoms with Crippen molar-refractivity contribution in [2.45, 2.75) is 34.6 Å². The molecule has 0 N–H and O–H groups in total. The summed E-state index contributed by atoms with van der Waals surface area (Å²) in [5.74, 6) is 0. The van der Waals surface area contributed by atoms with Crippen LogP contribution in [0, 0.1) is 34.6 Å². The minimum Gasteiger partial charge on any atom is -0.311 e. The minimum atomic E-state index is 0.0614. The SMILES string of the molecule is Cc1ccc(N2c3ccc(C)cc3B3c4ccc(N(c5ccccc5)c5cccc6ccccc56)cc4N(c4ccc(C)cc4)c4cccc2c43)cc1.Cc1ccc(N2c3ccc(C)cc3B3c4ccc(N(c5ccccc5)c5cccc6ccccc56)cc4N(c4ccccc4)c4cccc2c43)cc1. The van der Waals surface area contributed by atoms with E-state index in [0.29, 0.717) is 0 Å². The number of hydrogen-bond acceptors (Lipinski definition) is 6. The molecular formula is C97H74B2N6. The zero-order chi connectivity index (χ0) is 70.4. The Morgan fingerprint density at radius 2 is 0.524 bits per heavy atom. The average Bonchev–Trinajstić information content (AvgIpc) is 0.704. The van der Waals surface area contributed by atoms with Gasteiger partial charge in [-0.05, 0) is 224 Å². The van der Waals surface area contributed by atoms with Crippen molar-refractivity contribution in [3.05, 3.63) is 386 Å². The highest BCUT2D eigenvalue weighted by Gasteiger charge is 2.46. The number of para-hydroxylation sites is 3. The van der Waals surface area contributed by atoms with Crippen LogP contribution in [0.25, 0.3) is 21.5 Å². The van der Waals surface area contributed by atoms with Crippen LogP contribution in [-0.4, -0.2) is 13.4 Å². The van der Waals surface area contributed by atoms with Gasteiger partial charge in [0.25, 0.3) is 13.4 Å². The van der Waals surface area contributed by atoms with Crippen LogP contribution >= 0.6 is 0 Å². The quantitative estimate of drug-likeness (QED) is 0.126. The van der Waals surface area contributed by atoms with Crippen LogP contribution in [0.15, 0.2) is 358 Å². The van der Waals surface area contributed by atoms with Gasteiger partial charge in [0.05, 0.1) is 11.4 Å². The third-order valence-electron chi connectivity index (χ3n) is 21.7. The predicted molar refractivity (Wildman–Crippen MR) is 449 cm³/mol. The van der Waals surface area contributed by atoms with Crippen molar-refractivity contribution in [1.82, 2.24) is 0 Å². The molecule has 0 fully saturated rings. The fourth-order valence-corrected chi connectivity index (χ4v) is 17.0. The Morgan fingerprint density at radius 3 is 0.914 bits per heavy atom. The first-order chi connectivity index (χ1) is 51.7. The van der Waals surface area contributed by atoms with Crippen LogP contribution in [0.4, 0.5) is 102 Å². The topological polar surface area (TPSA) is 19.4 Å². The van der Waals surface area contributed by atoms with Gasteiger partial charge in [-0.2, -0.15) is 0 Å². The second kappa shape index (κ2) is 25.8. The first kappa shape index (κ1) is 62.9. The Morgan fingerprint density at radius 1 is 0.210 bits per heavy atom. The molecule has 8 heteroatoms. The number of hydrogen-bond donors (Lipinski definition) is 0. The molecule has 0 aromatic heterocycles. The van der Waals surface area contributed by atoms with E-state index in [-0.39, 0.29) is 13.4 Å². The van der Waals surface area contributed by atoms with Crippen molar-refractivity contribution >= 4 is 170 Å². The Labute approximate surface area is 616 Å². The molecule has 20 rings (SSSR count). The highest BCUT2D eigenvalue weighted by molar-refractivity contribution is 7.01. The van der Waals surface area contributed by atoms with E-state index in [0.717, 1.165) is 45.5 Å². The molecule has 0 radical (unpaired) electrons. The maximum Gasteiger partial charge on any atom is 0.252 e. The summed E-state index contributed by atoms with van der Waals surface area (Å²) in [6, 6.07) is 132. The van der Waals surface area contributed by atoms with Gasteiger partial charge >= 0.3 is 0 Å². The van der Waals surface area contributed by atoms with Gasteiger partial charge in [-0.1, -0.05) is 240 Å². The summed E-state index contributed by atoms with van der Waals surface area (Å²) in [5.41, 5.74) is 35.3. The minimum absolute atomic E-state index is 0.0614. The van der Waals surface area contributed by atoms with Gasteiger partial charge in [0, 0.05) is 102 Å². The van der Waals surface area contributed by atoms with Gasteiger partial charge in [0.2, 0.25) is 0 Å². The first-order valence-corrected chi connectivity index (χ1v) is 36.5. The van der Waals surface area contributed by atoms with Crippen LogP contribution in [0.5, 0.6) is 0 Å². The first-order valence-electron chi connectivity index (χ1n) is 36.5. The van der Waals surface area contributed by atoms with Crippen molar-refractivity contribution < 1.29 is 0 Å². The van der Waals surface area contributed by atoms with Gasteiger partial charge < -0.3 is 29.4 Å². The molecule has 6 nitrogen and oxygen atoms in total. The van der Waals surface area contributed by atoms with Gasteiger partial charge in [0.1, 0.15) is 0 Å². The number of aryl methyl sites for hydroxylation is 5. The summed E-state index contributed by atoms with van der Waals surface area (Å²) in [4.78, 5) is 14.7. The molecule has 0 aliphatic carbocycles. The van der Waals surface area contributed by atoms with Gasteiger partial charge in [0.15, 0.2) is 0 Å². The van der Waals surface area contributed by atoms with Crippen LogP contribution in [0.1, 0.15) is 27.8 Å². The van der Waals surface area contributed by atoms with E-state index in [9.17, 15) is 0 Å². The van der Waals surface area contributed by atoms with E-state index in [2.05, 4.69) is 422 Å². The Hall–Kier alpha value is -13.0. The van der Waals surface area contributed by atoms with Crippen molar-refractivity contribution in [2.24, 2.45) is 0 Å². The molecule has 0 unspecified atom stereocenters. The molecule has 105 heavy (non-hydrogen) atoms. The number of nitrogens with zero attached hydrogens (tertiary/aromatic N) is 6. The average molecular weight is 1350 g/mol. The summed E-state index contributed by atoms with van der Waals surface area (Å²) in [5, 5.41) is 4.88. The number of fused-ring (bicyclic) bond motifs is 10. The van der Waals surface area contributed by atoms with E-state index < -0.39 is 0 Å². The smallest absolute Gasteiger partial charge is 0.252 e. The highest BCUT2D eigenvalue weighted by Crippen LogP contribution is 2.50. The van der Waals surface area contributed by atoms with Crippen LogP contribution in [-0.2, 0) is 0 Å². The fourth-order valence-electron chi connectivity index (χ4n) is 17.0. The molecule has 4 heterocycles. The third kappa shape index (κ3) is 10.7. The van der Waals surface area contributed by atoms with Gasteiger partial charge in [-0.15, -0.1) is 0 Å². The predicted octanol–water partition coefficient (Wildman–Crippen LogP) is 22.3. The molecular weight excluding hydrogens is 1270 g/mol. The highest BCUT2D eigenvalue weighted by atomic mass is 15.2. The van der Waals surface area contributed by atoms with Crippen molar-refractivity contribution in [2.75, 3.05) is 29.4 Å². The maximum atomic E-state index is 2.49. The summed E-state index contributed by atoms with van der Waals surface area (Å²) >= 11 is 0. The largest absolute Gasteiger partial charge is 0.311 e. The lowest BCUT2D eigenvalue weighted by Gasteiger charge is -2.44. The Bertz CT molecular complexity index is 6020.